The van der Waals surface area contributed by atoms with Gasteiger partial charge in [0.15, 0.2) is 0 Å². The summed E-state index contributed by atoms with van der Waals surface area (Å²) in [5, 5.41) is 4.92. The van der Waals surface area contributed by atoms with E-state index in [1.807, 2.05) is 5.38 Å². The van der Waals surface area contributed by atoms with Crippen LogP contribution in [0.4, 0.5) is 15.9 Å². The van der Waals surface area contributed by atoms with Gasteiger partial charge in [-0.1, -0.05) is 36.8 Å². The molecule has 0 bridgehead atoms. The monoisotopic (exact) mass is 409 g/mol. The number of fused-ring (bicyclic) bond motifs is 1. The van der Waals surface area contributed by atoms with Crippen molar-refractivity contribution in [1.82, 2.24) is 9.88 Å². The minimum atomic E-state index is -0.263. The molecule has 6 heteroatoms. The maximum atomic E-state index is 15.0. The Labute approximate surface area is 174 Å². The second-order valence-electron chi connectivity index (χ2n) is 7.68. The van der Waals surface area contributed by atoms with Crippen LogP contribution in [0.25, 0.3) is 0 Å². The van der Waals surface area contributed by atoms with Crippen LogP contribution in [0.3, 0.4) is 0 Å². The predicted octanol–water partition coefficient (Wildman–Crippen LogP) is 6.08. The Hall–Kier alpha value is -2.44. The minimum Gasteiger partial charge on any atom is -0.493 e. The van der Waals surface area contributed by atoms with Crippen LogP contribution in [-0.2, 0) is 0 Å². The summed E-state index contributed by atoms with van der Waals surface area (Å²) in [6.07, 6.45) is 4.44. The smallest absolute Gasteiger partial charge is 0.147 e. The summed E-state index contributed by atoms with van der Waals surface area (Å²) in [6, 6.07) is 14.7. The van der Waals surface area contributed by atoms with Crippen LogP contribution in [0.5, 0.6) is 5.75 Å². The van der Waals surface area contributed by atoms with Crippen LogP contribution < -0.4 is 10.1 Å². The van der Waals surface area contributed by atoms with Crippen molar-refractivity contribution in [3.05, 3.63) is 70.3 Å². The fourth-order valence-corrected chi connectivity index (χ4v) is 5.09. The minimum absolute atomic E-state index is 0.173. The molecule has 4 nitrogen and oxygen atoms in total. The molecule has 3 aromatic rings. The summed E-state index contributed by atoms with van der Waals surface area (Å²) in [4.78, 5) is 6.75. The summed E-state index contributed by atoms with van der Waals surface area (Å²) in [5.41, 5.74) is 4.45. The first-order chi connectivity index (χ1) is 14.3. The van der Waals surface area contributed by atoms with Gasteiger partial charge in [0, 0.05) is 35.5 Å². The van der Waals surface area contributed by atoms with Crippen molar-refractivity contribution in [3.63, 3.8) is 0 Å². The van der Waals surface area contributed by atoms with Gasteiger partial charge in [0.2, 0.25) is 0 Å². The van der Waals surface area contributed by atoms with E-state index in [1.54, 1.807) is 17.6 Å². The number of nitrogens with zero attached hydrogens (tertiary/aromatic N) is 2. The summed E-state index contributed by atoms with van der Waals surface area (Å²) < 4.78 is 20.9. The van der Waals surface area contributed by atoms with Crippen LogP contribution >= 0.6 is 11.3 Å². The molecule has 2 aliphatic rings. The fraction of sp³-hybridized carbons (Fsp3) is 0.348. The molecule has 1 saturated heterocycles. The highest BCUT2D eigenvalue weighted by Gasteiger charge is 2.34. The van der Waals surface area contributed by atoms with Gasteiger partial charge in [0.25, 0.3) is 0 Å². The second kappa shape index (κ2) is 8.13. The number of thiazole rings is 1. The van der Waals surface area contributed by atoms with Gasteiger partial charge in [0.05, 0.1) is 17.8 Å². The van der Waals surface area contributed by atoms with Crippen molar-refractivity contribution in [2.75, 3.05) is 18.5 Å². The molecule has 0 amide bonds. The molecule has 0 saturated carbocycles. The van der Waals surface area contributed by atoms with Gasteiger partial charge in [-0.15, -0.1) is 11.3 Å². The van der Waals surface area contributed by atoms with Crippen molar-refractivity contribution in [2.24, 2.45) is 0 Å². The lowest BCUT2D eigenvalue weighted by Crippen LogP contribution is -2.38. The summed E-state index contributed by atoms with van der Waals surface area (Å²) >= 11 is 1.48. The average molecular weight is 410 g/mol. The highest BCUT2D eigenvalue weighted by atomic mass is 32.1. The van der Waals surface area contributed by atoms with Gasteiger partial charge in [-0.25, -0.2) is 9.37 Å². The summed E-state index contributed by atoms with van der Waals surface area (Å²) in [5.74, 6) is 1.17. The van der Waals surface area contributed by atoms with Crippen molar-refractivity contribution < 1.29 is 9.13 Å². The van der Waals surface area contributed by atoms with E-state index in [1.165, 1.54) is 29.7 Å². The molecule has 0 radical (unpaired) electrons. The zero-order chi connectivity index (χ0) is 19.6. The number of hydrogen-bond donors (Lipinski definition) is 1. The van der Waals surface area contributed by atoms with Crippen LogP contribution in [0, 0.1) is 5.82 Å². The third-order valence-corrected chi connectivity index (χ3v) is 6.52. The number of rotatable bonds is 4. The second-order valence-corrected chi connectivity index (χ2v) is 8.40. The molecule has 0 unspecified atom stereocenters. The van der Waals surface area contributed by atoms with E-state index in [-0.39, 0.29) is 11.9 Å². The molecule has 1 N–H and O–H groups in total. The number of hydrogen-bond acceptors (Lipinski definition) is 5. The highest BCUT2D eigenvalue weighted by molar-refractivity contribution is 7.07. The molecule has 1 aromatic heterocycles. The summed E-state index contributed by atoms with van der Waals surface area (Å²) in [7, 11) is 0. The van der Waals surface area contributed by atoms with Gasteiger partial charge in [-0.2, -0.15) is 0 Å². The Morgan fingerprint density at radius 1 is 1.10 bits per heavy atom. The van der Waals surface area contributed by atoms with Crippen molar-refractivity contribution in [1.29, 1.82) is 0 Å². The molecule has 2 aliphatic heterocycles. The molecule has 29 heavy (non-hydrogen) atoms. The lowest BCUT2D eigenvalue weighted by atomic mass is 9.89. The van der Waals surface area contributed by atoms with E-state index in [0.717, 1.165) is 30.7 Å². The molecular formula is C23H24FN3OS. The Morgan fingerprint density at radius 2 is 2.00 bits per heavy atom. The number of piperidine rings is 1. The molecule has 150 valence electrons. The number of halogens is 1. The Kier molecular flexibility index (Phi) is 5.21. The Balaban J connectivity index is 1.47. The van der Waals surface area contributed by atoms with E-state index >= 15 is 0 Å². The lowest BCUT2D eigenvalue weighted by Gasteiger charge is -2.43. The van der Waals surface area contributed by atoms with Crippen molar-refractivity contribution in [2.45, 2.75) is 37.8 Å². The molecular weight excluding hydrogens is 385 g/mol. The fourth-order valence-electron chi connectivity index (χ4n) is 4.60. The van der Waals surface area contributed by atoms with E-state index in [9.17, 15) is 4.39 Å². The number of anilines is 2. The maximum absolute atomic E-state index is 15.0. The van der Waals surface area contributed by atoms with Crippen LogP contribution in [0.2, 0.25) is 0 Å². The van der Waals surface area contributed by atoms with E-state index in [2.05, 4.69) is 45.5 Å². The first-order valence-electron chi connectivity index (χ1n) is 10.2. The molecule has 0 spiro atoms. The SMILES string of the molecule is Fc1cc2c(cc1Nc1cscn1)OCC[C@H]2N1CCCC[C@H]1c1ccccc1. The third-order valence-electron chi connectivity index (χ3n) is 5.93. The van der Waals surface area contributed by atoms with Gasteiger partial charge in [-0.05, 0) is 31.0 Å². The van der Waals surface area contributed by atoms with Crippen molar-refractivity contribution >= 4 is 22.8 Å². The first-order valence-corrected chi connectivity index (χ1v) is 11.2. The number of nitrogens with one attached hydrogen (secondary N) is 1. The van der Waals surface area contributed by atoms with Gasteiger partial charge in [0.1, 0.15) is 17.4 Å². The number of aromatic nitrogens is 1. The molecule has 2 aromatic carbocycles. The molecule has 5 rings (SSSR count). The zero-order valence-corrected chi connectivity index (χ0v) is 17.0. The maximum Gasteiger partial charge on any atom is 0.147 e. The van der Waals surface area contributed by atoms with Gasteiger partial charge >= 0.3 is 0 Å². The van der Waals surface area contributed by atoms with E-state index in [0.29, 0.717) is 24.2 Å². The Morgan fingerprint density at radius 3 is 2.83 bits per heavy atom. The van der Waals surface area contributed by atoms with Crippen LogP contribution in [-0.4, -0.2) is 23.0 Å². The first kappa shape index (κ1) is 18.6. The topological polar surface area (TPSA) is 37.4 Å². The third kappa shape index (κ3) is 3.74. The zero-order valence-electron chi connectivity index (χ0n) is 16.2. The van der Waals surface area contributed by atoms with Crippen LogP contribution in [0.1, 0.15) is 48.9 Å². The molecule has 0 aliphatic carbocycles. The molecule has 3 heterocycles. The molecule has 2 atom stereocenters. The van der Waals surface area contributed by atoms with Gasteiger partial charge < -0.3 is 10.1 Å². The number of benzene rings is 2. The number of likely N-dealkylation sites (tertiary alicyclic amines) is 1. The largest absolute Gasteiger partial charge is 0.493 e. The Bertz CT molecular complexity index is 964. The normalized spacial score (nSPS) is 22.0. The lowest BCUT2D eigenvalue weighted by molar-refractivity contribution is 0.0667. The quantitative estimate of drug-likeness (QED) is 0.567. The number of ether oxygens (including phenoxy) is 1. The van der Waals surface area contributed by atoms with Crippen molar-refractivity contribution in [3.8, 4) is 5.75 Å². The standard InChI is InChI=1S/C23H24FN3OS/c24-18-12-17-21(27-10-5-4-8-20(27)16-6-2-1-3-7-16)9-11-28-22(17)13-19(18)26-23-14-29-15-25-23/h1-3,6-7,12-15,20-21,26H,4-5,8-11H2/t20-,21+/m0/s1. The highest BCUT2D eigenvalue weighted by Crippen LogP contribution is 2.44. The summed E-state index contributed by atoms with van der Waals surface area (Å²) in [6.45, 7) is 1.68. The van der Waals surface area contributed by atoms with E-state index in [4.69, 9.17) is 4.74 Å². The van der Waals surface area contributed by atoms with E-state index < -0.39 is 0 Å². The molecule has 1 fully saturated rings. The average Bonchev–Trinajstić information content (AvgIpc) is 3.28. The van der Waals surface area contributed by atoms with Crippen LogP contribution in [0.15, 0.2) is 53.4 Å². The van der Waals surface area contributed by atoms with Gasteiger partial charge in [-0.3, -0.25) is 4.90 Å². The predicted molar refractivity (Wildman–Crippen MR) is 114 cm³/mol.